The lowest BCUT2D eigenvalue weighted by molar-refractivity contribution is 0.0815. The highest BCUT2D eigenvalue weighted by Crippen LogP contribution is 2.21. The predicted octanol–water partition coefficient (Wildman–Crippen LogP) is 2.21. The van der Waals surface area contributed by atoms with E-state index in [1.165, 1.54) is 0 Å². The maximum atomic E-state index is 5.73. The van der Waals surface area contributed by atoms with Crippen LogP contribution in [0.4, 0.5) is 0 Å². The van der Waals surface area contributed by atoms with E-state index in [0.717, 1.165) is 29.3 Å². The molecule has 1 heterocycles. The van der Waals surface area contributed by atoms with Crippen molar-refractivity contribution in [3.8, 4) is 5.75 Å². The Hall–Kier alpha value is -1.13. The molecule has 0 saturated carbocycles. The minimum absolute atomic E-state index is 0.446. The van der Waals surface area contributed by atoms with Gasteiger partial charge >= 0.3 is 0 Å². The summed E-state index contributed by atoms with van der Waals surface area (Å²) < 4.78 is 11.2. The molecule has 0 atom stereocenters. The van der Waals surface area contributed by atoms with Gasteiger partial charge in [-0.25, -0.2) is 0 Å². The summed E-state index contributed by atoms with van der Waals surface area (Å²) in [6.07, 6.45) is 0. The van der Waals surface area contributed by atoms with E-state index in [0.29, 0.717) is 25.7 Å². The maximum absolute atomic E-state index is 5.73. The summed E-state index contributed by atoms with van der Waals surface area (Å²) in [6.45, 7) is 10.5. The molecule has 1 aromatic rings. The van der Waals surface area contributed by atoms with E-state index in [1.807, 2.05) is 19.9 Å². The van der Waals surface area contributed by atoms with Gasteiger partial charge in [0.05, 0.1) is 6.61 Å². The summed E-state index contributed by atoms with van der Waals surface area (Å²) in [4.78, 5) is 4.38. The Morgan fingerprint density at radius 3 is 2.61 bits per heavy atom. The van der Waals surface area contributed by atoms with Crippen LogP contribution in [0.2, 0.25) is 0 Å². The molecule has 4 heteroatoms. The molecule has 102 valence electrons. The monoisotopic (exact) mass is 252 g/mol. The van der Waals surface area contributed by atoms with Crippen LogP contribution in [0.1, 0.15) is 30.8 Å². The van der Waals surface area contributed by atoms with Gasteiger partial charge < -0.3 is 15.2 Å². The molecule has 1 aromatic heterocycles. The van der Waals surface area contributed by atoms with Gasteiger partial charge in [0.1, 0.15) is 12.4 Å². The molecular weight excluding hydrogens is 228 g/mol. The number of nitrogens with two attached hydrogens (primary N) is 1. The van der Waals surface area contributed by atoms with Crippen LogP contribution in [-0.4, -0.2) is 24.8 Å². The zero-order valence-corrected chi connectivity index (χ0v) is 11.8. The minimum Gasteiger partial charge on any atom is -0.491 e. The predicted molar refractivity (Wildman–Crippen MR) is 72.8 cm³/mol. The Kier molecular flexibility index (Phi) is 6.09. The van der Waals surface area contributed by atoms with Crippen molar-refractivity contribution in [3.63, 3.8) is 0 Å². The average molecular weight is 252 g/mol. The van der Waals surface area contributed by atoms with Gasteiger partial charge in [-0.15, -0.1) is 0 Å². The Labute approximate surface area is 110 Å². The summed E-state index contributed by atoms with van der Waals surface area (Å²) in [7, 11) is 0. The van der Waals surface area contributed by atoms with Crippen LogP contribution in [0.25, 0.3) is 0 Å². The molecule has 0 radical (unpaired) electrons. The number of aryl methyl sites for hydroxylation is 2. The number of ether oxygens (including phenoxy) is 2. The van der Waals surface area contributed by atoms with Gasteiger partial charge in [0.2, 0.25) is 0 Å². The molecule has 0 amide bonds. The molecule has 0 aliphatic rings. The van der Waals surface area contributed by atoms with Crippen molar-refractivity contribution in [1.29, 1.82) is 0 Å². The second kappa shape index (κ2) is 7.34. The summed E-state index contributed by atoms with van der Waals surface area (Å²) in [5.74, 6) is 1.38. The molecule has 0 spiro atoms. The first-order valence-corrected chi connectivity index (χ1v) is 6.42. The molecule has 0 saturated heterocycles. The van der Waals surface area contributed by atoms with Gasteiger partial charge in [-0.1, -0.05) is 13.8 Å². The molecular formula is C14H24N2O2. The first kappa shape index (κ1) is 14.9. The van der Waals surface area contributed by atoms with Crippen LogP contribution in [0.5, 0.6) is 5.75 Å². The highest BCUT2D eigenvalue weighted by molar-refractivity contribution is 5.37. The molecule has 0 fully saturated rings. The van der Waals surface area contributed by atoms with E-state index in [9.17, 15) is 0 Å². The van der Waals surface area contributed by atoms with Crippen molar-refractivity contribution in [3.05, 3.63) is 23.0 Å². The molecule has 2 N–H and O–H groups in total. The van der Waals surface area contributed by atoms with Crippen molar-refractivity contribution in [2.75, 3.05) is 19.8 Å². The van der Waals surface area contributed by atoms with Crippen LogP contribution in [0, 0.1) is 19.8 Å². The molecule has 18 heavy (non-hydrogen) atoms. The Morgan fingerprint density at radius 1 is 1.28 bits per heavy atom. The fourth-order valence-electron chi connectivity index (χ4n) is 1.73. The lowest BCUT2D eigenvalue weighted by Gasteiger charge is -2.13. The van der Waals surface area contributed by atoms with Crippen molar-refractivity contribution in [1.82, 2.24) is 4.98 Å². The average Bonchev–Trinajstić information content (AvgIpc) is 2.27. The second-order valence-electron chi connectivity index (χ2n) is 4.85. The van der Waals surface area contributed by atoms with E-state index < -0.39 is 0 Å². The number of pyridine rings is 1. The summed E-state index contributed by atoms with van der Waals surface area (Å²) in [5, 5.41) is 0. The minimum atomic E-state index is 0.446. The quantitative estimate of drug-likeness (QED) is 0.756. The Bertz CT molecular complexity index is 378. The molecule has 0 bridgehead atoms. The van der Waals surface area contributed by atoms with E-state index in [1.54, 1.807) is 0 Å². The smallest absolute Gasteiger partial charge is 0.127 e. The molecule has 0 aromatic carbocycles. The second-order valence-corrected chi connectivity index (χ2v) is 4.85. The fraction of sp³-hybridized carbons (Fsp3) is 0.643. The SMILES string of the molecule is Cc1cc(OCCOCC(C)C)c(CN)c(C)n1. The van der Waals surface area contributed by atoms with Crippen LogP contribution >= 0.6 is 0 Å². The standard InChI is InChI=1S/C14H24N2O2/c1-10(2)9-17-5-6-18-14-7-11(3)16-12(4)13(14)8-15/h7,10H,5-6,8-9,15H2,1-4H3. The third-order valence-corrected chi connectivity index (χ3v) is 2.56. The first-order valence-electron chi connectivity index (χ1n) is 6.42. The van der Waals surface area contributed by atoms with Gasteiger partial charge in [0, 0.05) is 36.2 Å². The van der Waals surface area contributed by atoms with Crippen molar-refractivity contribution in [2.45, 2.75) is 34.2 Å². The van der Waals surface area contributed by atoms with E-state index in [2.05, 4.69) is 18.8 Å². The number of hydrogen-bond donors (Lipinski definition) is 1. The molecule has 0 unspecified atom stereocenters. The zero-order valence-electron chi connectivity index (χ0n) is 11.8. The Balaban J connectivity index is 2.51. The van der Waals surface area contributed by atoms with Crippen molar-refractivity contribution >= 4 is 0 Å². The molecule has 0 aliphatic carbocycles. The summed E-state index contributed by atoms with van der Waals surface area (Å²) in [6, 6.07) is 1.93. The van der Waals surface area contributed by atoms with Crippen LogP contribution in [0.3, 0.4) is 0 Å². The largest absolute Gasteiger partial charge is 0.491 e. The molecule has 1 rings (SSSR count). The first-order chi connectivity index (χ1) is 8.54. The highest BCUT2D eigenvalue weighted by Gasteiger charge is 2.08. The van der Waals surface area contributed by atoms with E-state index in [4.69, 9.17) is 15.2 Å². The maximum Gasteiger partial charge on any atom is 0.127 e. The van der Waals surface area contributed by atoms with Crippen LogP contribution in [0.15, 0.2) is 6.07 Å². The van der Waals surface area contributed by atoms with Crippen LogP contribution < -0.4 is 10.5 Å². The van der Waals surface area contributed by atoms with Gasteiger partial charge in [-0.05, 0) is 19.8 Å². The normalized spacial score (nSPS) is 11.0. The number of rotatable bonds is 7. The number of aromatic nitrogens is 1. The zero-order chi connectivity index (χ0) is 13.5. The topological polar surface area (TPSA) is 57.4 Å². The van der Waals surface area contributed by atoms with E-state index in [-0.39, 0.29) is 0 Å². The summed E-state index contributed by atoms with van der Waals surface area (Å²) in [5.41, 5.74) is 8.58. The van der Waals surface area contributed by atoms with Gasteiger partial charge in [-0.2, -0.15) is 0 Å². The fourth-order valence-corrected chi connectivity index (χ4v) is 1.73. The lowest BCUT2D eigenvalue weighted by atomic mass is 10.1. The van der Waals surface area contributed by atoms with Gasteiger partial charge in [0.25, 0.3) is 0 Å². The van der Waals surface area contributed by atoms with Crippen LogP contribution in [-0.2, 0) is 11.3 Å². The highest BCUT2D eigenvalue weighted by atomic mass is 16.5. The number of nitrogens with zero attached hydrogens (tertiary/aromatic N) is 1. The third-order valence-electron chi connectivity index (χ3n) is 2.56. The van der Waals surface area contributed by atoms with Gasteiger partial charge in [-0.3, -0.25) is 4.98 Å². The van der Waals surface area contributed by atoms with Crippen molar-refractivity contribution in [2.24, 2.45) is 11.7 Å². The molecule has 0 aliphatic heterocycles. The Morgan fingerprint density at radius 2 is 2.00 bits per heavy atom. The van der Waals surface area contributed by atoms with Gasteiger partial charge in [0.15, 0.2) is 0 Å². The van der Waals surface area contributed by atoms with Crippen molar-refractivity contribution < 1.29 is 9.47 Å². The number of hydrogen-bond acceptors (Lipinski definition) is 4. The van der Waals surface area contributed by atoms with E-state index >= 15 is 0 Å². The molecule has 4 nitrogen and oxygen atoms in total. The third kappa shape index (κ3) is 4.63. The lowest BCUT2D eigenvalue weighted by Crippen LogP contribution is -2.12. The summed E-state index contributed by atoms with van der Waals surface area (Å²) >= 11 is 0.